The van der Waals surface area contributed by atoms with Gasteiger partial charge >= 0.3 is 0 Å². The Hall–Kier alpha value is 0.270. The molecule has 0 aromatic rings. The first-order chi connectivity index (χ1) is 11.2. The lowest BCUT2D eigenvalue weighted by molar-refractivity contribution is 0.140. The molecule has 1 aliphatic rings. The lowest BCUT2D eigenvalue weighted by Crippen LogP contribution is -2.46. The molecule has 0 spiro atoms. The van der Waals surface area contributed by atoms with Gasteiger partial charge in [0.15, 0.2) is 5.96 Å². The van der Waals surface area contributed by atoms with E-state index in [0.717, 1.165) is 32.1 Å². The van der Waals surface area contributed by atoms with Crippen LogP contribution < -0.4 is 10.6 Å². The van der Waals surface area contributed by atoms with Gasteiger partial charge in [-0.25, -0.2) is 0 Å². The summed E-state index contributed by atoms with van der Waals surface area (Å²) in [4.78, 5) is 9.74. The first kappa shape index (κ1) is 24.3. The summed E-state index contributed by atoms with van der Waals surface area (Å²) < 4.78 is 0. The average molecular weight is 471 g/mol. The van der Waals surface area contributed by atoms with Crippen molar-refractivity contribution in [2.75, 3.05) is 71.4 Å². The molecule has 5 nitrogen and oxygen atoms in total. The molecule has 1 heterocycles. The van der Waals surface area contributed by atoms with Gasteiger partial charge in [0, 0.05) is 52.4 Å². The molecule has 2 N–H and O–H groups in total. The van der Waals surface area contributed by atoms with Gasteiger partial charge in [0.2, 0.25) is 0 Å². The van der Waals surface area contributed by atoms with Crippen LogP contribution in [0.4, 0.5) is 0 Å². The fourth-order valence-corrected chi connectivity index (χ4v) is 3.19. The van der Waals surface area contributed by atoms with E-state index in [1.54, 1.807) is 0 Å². The Morgan fingerprint density at radius 2 is 1.88 bits per heavy atom. The van der Waals surface area contributed by atoms with Gasteiger partial charge < -0.3 is 20.4 Å². The van der Waals surface area contributed by atoms with Crippen molar-refractivity contribution in [3.05, 3.63) is 0 Å². The highest BCUT2D eigenvalue weighted by atomic mass is 127. The normalized spacial score (nSPS) is 18.1. The summed E-state index contributed by atoms with van der Waals surface area (Å²) in [5, 5.41) is 6.81. The highest BCUT2D eigenvalue weighted by Crippen LogP contribution is 2.05. The molecule has 1 unspecified atom stereocenters. The van der Waals surface area contributed by atoms with Crippen LogP contribution in [0.25, 0.3) is 0 Å². The molecule has 0 amide bonds. The van der Waals surface area contributed by atoms with Crippen molar-refractivity contribution in [3.63, 3.8) is 0 Å². The zero-order valence-electron chi connectivity index (χ0n) is 16.0. The van der Waals surface area contributed by atoms with E-state index in [9.17, 15) is 0 Å². The van der Waals surface area contributed by atoms with Crippen LogP contribution in [0, 0.1) is 5.92 Å². The van der Waals surface area contributed by atoms with E-state index in [0.29, 0.717) is 5.92 Å². The Labute approximate surface area is 170 Å². The number of guanidine groups is 1. The number of piperazine rings is 1. The molecule has 1 aliphatic heterocycles. The van der Waals surface area contributed by atoms with Crippen molar-refractivity contribution in [2.45, 2.75) is 26.7 Å². The highest BCUT2D eigenvalue weighted by Gasteiger charge is 2.15. The number of unbranched alkanes of at least 4 members (excludes halogenated alkanes) is 1. The molecule has 1 atom stereocenters. The van der Waals surface area contributed by atoms with E-state index in [-0.39, 0.29) is 24.0 Å². The van der Waals surface area contributed by atoms with Crippen LogP contribution in [0.2, 0.25) is 0 Å². The minimum atomic E-state index is 0. The SMILES string of the molecule is CCNC(=NCC(C)CN1CCN(C)CC1)NCCCCSC.I. The van der Waals surface area contributed by atoms with E-state index in [1.807, 2.05) is 11.8 Å². The molecule has 1 rings (SSSR count). The van der Waals surface area contributed by atoms with Gasteiger partial charge in [-0.05, 0) is 44.7 Å². The van der Waals surface area contributed by atoms with E-state index >= 15 is 0 Å². The number of nitrogens with one attached hydrogen (secondary N) is 2. The number of nitrogens with zero attached hydrogens (tertiary/aromatic N) is 3. The minimum absolute atomic E-state index is 0. The van der Waals surface area contributed by atoms with Gasteiger partial charge in [-0.1, -0.05) is 6.92 Å². The van der Waals surface area contributed by atoms with Gasteiger partial charge in [0.1, 0.15) is 0 Å². The molecule has 0 aromatic carbocycles. The zero-order valence-corrected chi connectivity index (χ0v) is 19.2. The van der Waals surface area contributed by atoms with Gasteiger partial charge in [0.05, 0.1) is 0 Å². The third kappa shape index (κ3) is 11.8. The summed E-state index contributed by atoms with van der Waals surface area (Å²) in [6, 6.07) is 0. The summed E-state index contributed by atoms with van der Waals surface area (Å²) in [5.41, 5.74) is 0. The van der Waals surface area contributed by atoms with Gasteiger partial charge in [-0.2, -0.15) is 11.8 Å². The first-order valence-electron chi connectivity index (χ1n) is 9.07. The first-order valence-corrected chi connectivity index (χ1v) is 10.5. The summed E-state index contributed by atoms with van der Waals surface area (Å²) in [5.74, 6) is 2.82. The third-order valence-electron chi connectivity index (χ3n) is 4.14. The predicted octanol–water partition coefficient (Wildman–Crippen LogP) is 2.19. The molecule has 1 saturated heterocycles. The molecule has 0 bridgehead atoms. The van der Waals surface area contributed by atoms with Crippen LogP contribution in [-0.2, 0) is 0 Å². The van der Waals surface area contributed by atoms with E-state index in [1.165, 1.54) is 44.8 Å². The second-order valence-electron chi connectivity index (χ2n) is 6.56. The molecule has 0 saturated carbocycles. The lowest BCUT2D eigenvalue weighted by atomic mass is 10.1. The number of rotatable bonds is 10. The summed E-state index contributed by atoms with van der Waals surface area (Å²) >= 11 is 1.92. The van der Waals surface area contributed by atoms with Gasteiger partial charge in [-0.3, -0.25) is 4.99 Å². The molecule has 0 radical (unpaired) electrons. The third-order valence-corrected chi connectivity index (χ3v) is 4.84. The maximum Gasteiger partial charge on any atom is 0.191 e. The number of halogens is 1. The summed E-state index contributed by atoms with van der Waals surface area (Å²) in [6.45, 7) is 13.2. The molecule has 0 aromatic heterocycles. The number of thioether (sulfide) groups is 1. The number of hydrogen-bond donors (Lipinski definition) is 2. The molecule has 1 fully saturated rings. The monoisotopic (exact) mass is 471 g/mol. The zero-order chi connectivity index (χ0) is 16.9. The largest absolute Gasteiger partial charge is 0.357 e. The van der Waals surface area contributed by atoms with Crippen LogP contribution in [0.3, 0.4) is 0 Å². The minimum Gasteiger partial charge on any atom is -0.357 e. The molecule has 7 heteroatoms. The Morgan fingerprint density at radius 1 is 1.17 bits per heavy atom. The summed E-state index contributed by atoms with van der Waals surface area (Å²) in [6.07, 6.45) is 4.65. The molecule has 144 valence electrons. The second-order valence-corrected chi connectivity index (χ2v) is 7.54. The maximum atomic E-state index is 4.76. The van der Waals surface area contributed by atoms with Crippen molar-refractivity contribution in [2.24, 2.45) is 10.9 Å². The Morgan fingerprint density at radius 3 is 2.50 bits per heavy atom. The molecule has 0 aliphatic carbocycles. The van der Waals surface area contributed by atoms with Crippen LogP contribution in [0.5, 0.6) is 0 Å². The molecular formula is C17H38IN5S. The summed E-state index contributed by atoms with van der Waals surface area (Å²) in [7, 11) is 2.21. The van der Waals surface area contributed by atoms with Crippen LogP contribution in [0.1, 0.15) is 26.7 Å². The smallest absolute Gasteiger partial charge is 0.191 e. The lowest BCUT2D eigenvalue weighted by Gasteiger charge is -2.33. The van der Waals surface area contributed by atoms with Crippen molar-refractivity contribution < 1.29 is 0 Å². The van der Waals surface area contributed by atoms with Crippen LogP contribution in [-0.4, -0.2) is 87.2 Å². The molecular weight excluding hydrogens is 433 g/mol. The topological polar surface area (TPSA) is 42.9 Å². The number of likely N-dealkylation sites (N-methyl/N-ethyl adjacent to an activating group) is 1. The Balaban J connectivity index is 0.00000529. The molecule has 24 heavy (non-hydrogen) atoms. The van der Waals surface area contributed by atoms with Crippen molar-refractivity contribution in [3.8, 4) is 0 Å². The van der Waals surface area contributed by atoms with Gasteiger partial charge in [-0.15, -0.1) is 24.0 Å². The van der Waals surface area contributed by atoms with Crippen molar-refractivity contribution >= 4 is 41.7 Å². The fraction of sp³-hybridized carbons (Fsp3) is 0.941. The highest BCUT2D eigenvalue weighted by molar-refractivity contribution is 14.0. The number of hydrogen-bond acceptors (Lipinski definition) is 4. The average Bonchev–Trinajstić information content (AvgIpc) is 2.54. The van der Waals surface area contributed by atoms with Crippen molar-refractivity contribution in [1.29, 1.82) is 0 Å². The van der Waals surface area contributed by atoms with E-state index in [2.05, 4.69) is 47.6 Å². The Bertz CT molecular complexity index is 322. The fourth-order valence-electron chi connectivity index (χ4n) is 2.70. The number of aliphatic imine (C=N–C) groups is 1. The Kier molecular flexibility index (Phi) is 15.7. The van der Waals surface area contributed by atoms with Crippen LogP contribution in [0.15, 0.2) is 4.99 Å². The second kappa shape index (κ2) is 15.5. The standard InChI is InChI=1S/C17H37N5S.HI/c1-5-18-17(19-8-6-7-13-23-4)20-14-16(2)15-22-11-9-21(3)10-12-22;/h16H,5-15H2,1-4H3,(H2,18,19,20);1H. The maximum absolute atomic E-state index is 4.76. The van der Waals surface area contributed by atoms with E-state index < -0.39 is 0 Å². The predicted molar refractivity (Wildman–Crippen MR) is 120 cm³/mol. The quantitative estimate of drug-likeness (QED) is 0.221. The van der Waals surface area contributed by atoms with E-state index in [4.69, 9.17) is 4.99 Å². The van der Waals surface area contributed by atoms with Gasteiger partial charge in [0.25, 0.3) is 0 Å². The van der Waals surface area contributed by atoms with Crippen molar-refractivity contribution in [1.82, 2.24) is 20.4 Å². The van der Waals surface area contributed by atoms with Crippen LogP contribution >= 0.6 is 35.7 Å².